The number of benzene rings is 1. The van der Waals surface area contributed by atoms with E-state index in [2.05, 4.69) is 18.0 Å². The van der Waals surface area contributed by atoms with Crippen LogP contribution in [0.5, 0.6) is 11.5 Å². The average Bonchev–Trinajstić information content (AvgIpc) is 2.48. The number of ether oxygens (including phenoxy) is 2. The normalized spacial score (nSPS) is 17.1. The van der Waals surface area contributed by atoms with Gasteiger partial charge in [0, 0.05) is 13.1 Å². The molecule has 0 atom stereocenters. The van der Waals surface area contributed by atoms with Gasteiger partial charge in [-0.3, -0.25) is 0 Å². The minimum atomic E-state index is 0.291. The van der Waals surface area contributed by atoms with E-state index in [1.54, 1.807) is 7.11 Å². The lowest BCUT2D eigenvalue weighted by molar-refractivity contribution is 0.110. The Labute approximate surface area is 121 Å². The molecule has 0 aromatic heterocycles. The van der Waals surface area contributed by atoms with Crippen LogP contribution in [0.4, 0.5) is 0 Å². The van der Waals surface area contributed by atoms with Crippen LogP contribution < -0.4 is 15.2 Å². The van der Waals surface area contributed by atoms with Crippen LogP contribution in [0.25, 0.3) is 0 Å². The summed E-state index contributed by atoms with van der Waals surface area (Å²) in [6, 6.07) is 6.10. The molecule has 1 aliphatic rings. The number of aryl methyl sites for hydroxylation is 1. The van der Waals surface area contributed by atoms with Gasteiger partial charge in [0.1, 0.15) is 6.10 Å². The van der Waals surface area contributed by atoms with Crippen molar-refractivity contribution in [3.63, 3.8) is 0 Å². The van der Waals surface area contributed by atoms with E-state index in [-0.39, 0.29) is 0 Å². The standard InChI is InChI=1S/C16H26N2O2/c1-18-11-8-14(9-12-18)20-16-13(6-4-10-17)5-3-7-15(16)19-2/h3,5,7,14H,4,6,8-12,17H2,1-2H3. The number of methoxy groups -OCH3 is 1. The topological polar surface area (TPSA) is 47.7 Å². The molecule has 4 nitrogen and oxygen atoms in total. The zero-order valence-electron chi connectivity index (χ0n) is 12.6. The smallest absolute Gasteiger partial charge is 0.164 e. The first kappa shape index (κ1) is 15.1. The van der Waals surface area contributed by atoms with Gasteiger partial charge in [0.25, 0.3) is 0 Å². The summed E-state index contributed by atoms with van der Waals surface area (Å²) in [5, 5.41) is 0. The number of rotatable bonds is 6. The molecule has 0 aliphatic carbocycles. The average molecular weight is 278 g/mol. The molecule has 1 saturated heterocycles. The van der Waals surface area contributed by atoms with E-state index in [9.17, 15) is 0 Å². The van der Waals surface area contributed by atoms with Crippen molar-refractivity contribution in [2.24, 2.45) is 5.73 Å². The third kappa shape index (κ3) is 3.87. The van der Waals surface area contributed by atoms with Crippen LogP contribution in [0.2, 0.25) is 0 Å². The van der Waals surface area contributed by atoms with Gasteiger partial charge in [0.2, 0.25) is 0 Å². The Morgan fingerprint density at radius 3 is 2.70 bits per heavy atom. The van der Waals surface area contributed by atoms with Crippen LogP contribution in [0.3, 0.4) is 0 Å². The van der Waals surface area contributed by atoms with Crippen molar-refractivity contribution in [2.75, 3.05) is 33.8 Å². The minimum Gasteiger partial charge on any atom is -0.493 e. The molecule has 1 aromatic rings. The number of para-hydroxylation sites is 1. The molecule has 0 saturated carbocycles. The molecule has 1 aliphatic heterocycles. The summed E-state index contributed by atoms with van der Waals surface area (Å²) in [5.74, 6) is 1.75. The van der Waals surface area contributed by atoms with Gasteiger partial charge in [-0.1, -0.05) is 12.1 Å². The largest absolute Gasteiger partial charge is 0.493 e. The highest BCUT2D eigenvalue weighted by molar-refractivity contribution is 5.46. The molecule has 0 bridgehead atoms. The van der Waals surface area contributed by atoms with Crippen molar-refractivity contribution >= 4 is 0 Å². The Morgan fingerprint density at radius 2 is 2.05 bits per heavy atom. The Balaban J connectivity index is 2.11. The SMILES string of the molecule is COc1cccc(CCCN)c1OC1CCN(C)CC1. The van der Waals surface area contributed by atoms with Crippen LogP contribution in [-0.2, 0) is 6.42 Å². The van der Waals surface area contributed by atoms with Crippen LogP contribution in [0, 0.1) is 0 Å². The molecule has 2 rings (SSSR count). The maximum Gasteiger partial charge on any atom is 0.164 e. The van der Waals surface area contributed by atoms with Gasteiger partial charge in [-0.25, -0.2) is 0 Å². The maximum atomic E-state index is 6.26. The zero-order chi connectivity index (χ0) is 14.4. The van der Waals surface area contributed by atoms with Crippen molar-refractivity contribution in [1.29, 1.82) is 0 Å². The van der Waals surface area contributed by atoms with Gasteiger partial charge in [-0.15, -0.1) is 0 Å². The highest BCUT2D eigenvalue weighted by Gasteiger charge is 2.21. The fourth-order valence-corrected chi connectivity index (χ4v) is 2.61. The number of hydrogen-bond donors (Lipinski definition) is 1. The van der Waals surface area contributed by atoms with Gasteiger partial charge < -0.3 is 20.1 Å². The first-order chi connectivity index (χ1) is 9.74. The van der Waals surface area contributed by atoms with Crippen LogP contribution in [0.15, 0.2) is 18.2 Å². The lowest BCUT2D eigenvalue weighted by Crippen LogP contribution is -2.35. The molecule has 0 radical (unpaired) electrons. The van der Waals surface area contributed by atoms with E-state index >= 15 is 0 Å². The number of nitrogens with zero attached hydrogens (tertiary/aromatic N) is 1. The molecule has 0 spiro atoms. The second-order valence-corrected chi connectivity index (χ2v) is 5.46. The summed E-state index contributed by atoms with van der Waals surface area (Å²) < 4.78 is 11.7. The third-order valence-corrected chi connectivity index (χ3v) is 3.88. The lowest BCUT2D eigenvalue weighted by atomic mass is 10.1. The summed E-state index contributed by atoms with van der Waals surface area (Å²) >= 11 is 0. The van der Waals surface area contributed by atoms with Gasteiger partial charge in [0.05, 0.1) is 7.11 Å². The second kappa shape index (κ2) is 7.50. The first-order valence-corrected chi connectivity index (χ1v) is 7.45. The summed E-state index contributed by atoms with van der Waals surface area (Å²) in [7, 11) is 3.86. The third-order valence-electron chi connectivity index (χ3n) is 3.88. The second-order valence-electron chi connectivity index (χ2n) is 5.46. The Bertz CT molecular complexity index is 415. The predicted octanol–water partition coefficient (Wildman–Crippen LogP) is 2.06. The van der Waals surface area contributed by atoms with E-state index in [0.29, 0.717) is 12.6 Å². The fraction of sp³-hybridized carbons (Fsp3) is 0.625. The van der Waals surface area contributed by atoms with Crippen molar-refractivity contribution < 1.29 is 9.47 Å². The predicted molar refractivity (Wildman–Crippen MR) is 81.5 cm³/mol. The molecule has 0 unspecified atom stereocenters. The fourth-order valence-electron chi connectivity index (χ4n) is 2.61. The Morgan fingerprint density at radius 1 is 1.30 bits per heavy atom. The van der Waals surface area contributed by atoms with Gasteiger partial charge >= 0.3 is 0 Å². The van der Waals surface area contributed by atoms with Crippen LogP contribution in [0.1, 0.15) is 24.8 Å². The van der Waals surface area contributed by atoms with Crippen molar-refractivity contribution in [3.8, 4) is 11.5 Å². The quantitative estimate of drug-likeness (QED) is 0.865. The van der Waals surface area contributed by atoms with E-state index in [1.165, 1.54) is 5.56 Å². The Kier molecular flexibility index (Phi) is 5.68. The van der Waals surface area contributed by atoms with Crippen LogP contribution >= 0.6 is 0 Å². The van der Waals surface area contributed by atoms with Crippen molar-refractivity contribution in [1.82, 2.24) is 4.90 Å². The lowest BCUT2D eigenvalue weighted by Gasteiger charge is -2.30. The highest BCUT2D eigenvalue weighted by atomic mass is 16.5. The molecule has 1 heterocycles. The summed E-state index contributed by atoms with van der Waals surface area (Å²) in [6.07, 6.45) is 4.35. The molecule has 1 aromatic carbocycles. The molecule has 1 fully saturated rings. The van der Waals surface area contributed by atoms with Crippen molar-refractivity contribution in [2.45, 2.75) is 31.8 Å². The van der Waals surface area contributed by atoms with Gasteiger partial charge in [-0.2, -0.15) is 0 Å². The van der Waals surface area contributed by atoms with E-state index < -0.39 is 0 Å². The summed E-state index contributed by atoms with van der Waals surface area (Å²) in [6.45, 7) is 2.89. The first-order valence-electron chi connectivity index (χ1n) is 7.45. The number of nitrogens with two attached hydrogens (primary N) is 1. The molecule has 20 heavy (non-hydrogen) atoms. The molecule has 2 N–H and O–H groups in total. The summed E-state index contributed by atoms with van der Waals surface area (Å²) in [5.41, 5.74) is 6.82. The van der Waals surface area contributed by atoms with Gasteiger partial charge in [0.15, 0.2) is 11.5 Å². The molecular formula is C16H26N2O2. The van der Waals surface area contributed by atoms with Crippen LogP contribution in [-0.4, -0.2) is 44.8 Å². The summed E-state index contributed by atoms with van der Waals surface area (Å²) in [4.78, 5) is 2.34. The zero-order valence-corrected chi connectivity index (χ0v) is 12.6. The number of likely N-dealkylation sites (tertiary alicyclic amines) is 1. The monoisotopic (exact) mass is 278 g/mol. The number of hydrogen-bond acceptors (Lipinski definition) is 4. The molecule has 112 valence electrons. The minimum absolute atomic E-state index is 0.291. The highest BCUT2D eigenvalue weighted by Crippen LogP contribution is 2.34. The molecule has 4 heteroatoms. The molecule has 0 amide bonds. The van der Waals surface area contributed by atoms with E-state index in [1.807, 2.05) is 12.1 Å². The van der Waals surface area contributed by atoms with Crippen molar-refractivity contribution in [3.05, 3.63) is 23.8 Å². The van der Waals surface area contributed by atoms with Gasteiger partial charge in [-0.05, 0) is 50.9 Å². The van der Waals surface area contributed by atoms with E-state index in [4.69, 9.17) is 15.2 Å². The Hall–Kier alpha value is -1.26. The number of piperidine rings is 1. The van der Waals surface area contributed by atoms with E-state index in [0.717, 1.165) is 50.3 Å². The molecular weight excluding hydrogens is 252 g/mol. The maximum absolute atomic E-state index is 6.26.